The molecule has 6 nitrogen and oxygen atoms in total. The number of rotatable bonds is 6. The van der Waals surface area contributed by atoms with Gasteiger partial charge < -0.3 is 9.47 Å². The van der Waals surface area contributed by atoms with Crippen molar-refractivity contribution in [3.8, 4) is 11.5 Å². The van der Waals surface area contributed by atoms with Crippen molar-refractivity contribution < 1.29 is 19.2 Å². The molecule has 0 aromatic heterocycles. The largest absolute Gasteiger partial charge is 0.493 e. The van der Waals surface area contributed by atoms with Gasteiger partial charge in [0.1, 0.15) is 0 Å². The van der Waals surface area contributed by atoms with Gasteiger partial charge in [-0.3, -0.25) is 14.9 Å². The van der Waals surface area contributed by atoms with Gasteiger partial charge in [-0.05, 0) is 25.5 Å². The Morgan fingerprint density at radius 1 is 1.13 bits per heavy atom. The minimum Gasteiger partial charge on any atom is -0.493 e. The Labute approximate surface area is 133 Å². The summed E-state index contributed by atoms with van der Waals surface area (Å²) in [5, 5.41) is 10.8. The highest BCUT2D eigenvalue weighted by Crippen LogP contribution is 2.31. The maximum absolute atomic E-state index is 12.3. The van der Waals surface area contributed by atoms with Gasteiger partial charge in [-0.25, -0.2) is 0 Å². The molecule has 2 rings (SSSR count). The zero-order valence-electron chi connectivity index (χ0n) is 13.2. The molecule has 0 saturated carbocycles. The predicted octanol–water partition coefficient (Wildman–Crippen LogP) is 3.48. The number of non-ortho nitro benzene ring substituents is 1. The first-order valence-corrected chi connectivity index (χ1v) is 6.98. The van der Waals surface area contributed by atoms with Crippen LogP contribution in [0.1, 0.15) is 21.5 Å². The maximum atomic E-state index is 12.3. The van der Waals surface area contributed by atoms with E-state index in [9.17, 15) is 14.9 Å². The van der Waals surface area contributed by atoms with Crippen molar-refractivity contribution in [2.24, 2.45) is 0 Å². The van der Waals surface area contributed by atoms with Crippen molar-refractivity contribution in [1.82, 2.24) is 0 Å². The highest BCUT2D eigenvalue weighted by Gasteiger charge is 2.15. The lowest BCUT2D eigenvalue weighted by Crippen LogP contribution is -2.13. The molecule has 0 aliphatic rings. The van der Waals surface area contributed by atoms with Crippen LogP contribution in [0.3, 0.4) is 0 Å². The summed E-state index contributed by atoms with van der Waals surface area (Å²) in [6, 6.07) is 9.53. The number of hydrogen-bond acceptors (Lipinski definition) is 5. The van der Waals surface area contributed by atoms with Crippen LogP contribution < -0.4 is 9.47 Å². The molecule has 2 aromatic carbocycles. The van der Waals surface area contributed by atoms with Gasteiger partial charge in [-0.1, -0.05) is 23.8 Å². The fourth-order valence-electron chi connectivity index (χ4n) is 2.24. The maximum Gasteiger partial charge on any atom is 0.273 e. The van der Waals surface area contributed by atoms with Crippen LogP contribution in [0.5, 0.6) is 11.5 Å². The molecule has 120 valence electrons. The molecule has 0 aliphatic carbocycles. The fraction of sp³-hybridized carbons (Fsp3) is 0.235. The summed E-state index contributed by atoms with van der Waals surface area (Å²) < 4.78 is 10.5. The molecule has 23 heavy (non-hydrogen) atoms. The minimum atomic E-state index is -0.530. The van der Waals surface area contributed by atoms with E-state index in [2.05, 4.69) is 0 Å². The Morgan fingerprint density at radius 2 is 1.87 bits per heavy atom. The molecule has 6 heteroatoms. The van der Waals surface area contributed by atoms with E-state index in [4.69, 9.17) is 9.47 Å². The van der Waals surface area contributed by atoms with Gasteiger partial charge in [0.05, 0.1) is 18.1 Å². The second-order valence-electron chi connectivity index (χ2n) is 5.12. The van der Waals surface area contributed by atoms with Crippen molar-refractivity contribution in [2.45, 2.75) is 13.8 Å². The van der Waals surface area contributed by atoms with E-state index >= 15 is 0 Å². The number of nitrogens with zero attached hydrogens (tertiary/aromatic N) is 1. The molecule has 0 fully saturated rings. The van der Waals surface area contributed by atoms with Gasteiger partial charge in [0.2, 0.25) is 0 Å². The summed E-state index contributed by atoms with van der Waals surface area (Å²) in [5.74, 6) is 0.305. The molecule has 0 N–H and O–H groups in total. The Bertz CT molecular complexity index is 755. The normalized spacial score (nSPS) is 10.2. The van der Waals surface area contributed by atoms with Gasteiger partial charge in [-0.2, -0.15) is 0 Å². The van der Waals surface area contributed by atoms with Crippen LogP contribution in [-0.2, 0) is 0 Å². The van der Waals surface area contributed by atoms with Crippen molar-refractivity contribution >= 4 is 11.5 Å². The molecule has 0 bridgehead atoms. The molecule has 0 atom stereocenters. The highest BCUT2D eigenvalue weighted by molar-refractivity contribution is 5.98. The summed E-state index contributed by atoms with van der Waals surface area (Å²) in [5.41, 5.74) is 2.38. The topological polar surface area (TPSA) is 78.7 Å². The molecule has 0 amide bonds. The summed E-state index contributed by atoms with van der Waals surface area (Å²) in [4.78, 5) is 22.6. The van der Waals surface area contributed by atoms with Crippen LogP contribution >= 0.6 is 0 Å². The van der Waals surface area contributed by atoms with Crippen molar-refractivity contribution in [1.29, 1.82) is 0 Å². The predicted molar refractivity (Wildman–Crippen MR) is 85.4 cm³/mol. The van der Waals surface area contributed by atoms with E-state index in [1.54, 1.807) is 6.07 Å². The quantitative estimate of drug-likeness (QED) is 0.463. The number of Topliss-reactive ketones (excluding diaryl/α,β-unsaturated/α-hetero) is 1. The third-order valence-electron chi connectivity index (χ3n) is 3.40. The lowest BCUT2D eigenvalue weighted by Gasteiger charge is -2.11. The van der Waals surface area contributed by atoms with E-state index in [1.807, 2.05) is 26.0 Å². The van der Waals surface area contributed by atoms with Crippen molar-refractivity contribution in [3.05, 3.63) is 63.2 Å². The SMILES string of the molecule is COc1ccc([N+](=O)[O-])cc1OCC(=O)c1ccc(C)cc1C. The van der Waals surface area contributed by atoms with E-state index in [0.29, 0.717) is 11.3 Å². The molecule has 0 heterocycles. The fourth-order valence-corrected chi connectivity index (χ4v) is 2.24. The number of methoxy groups -OCH3 is 1. The van der Waals surface area contributed by atoms with Crippen molar-refractivity contribution in [3.63, 3.8) is 0 Å². The van der Waals surface area contributed by atoms with Gasteiger partial charge in [0.15, 0.2) is 23.9 Å². The average molecular weight is 315 g/mol. The molecule has 0 saturated heterocycles. The summed E-state index contributed by atoms with van der Waals surface area (Å²) in [7, 11) is 1.43. The third-order valence-corrected chi connectivity index (χ3v) is 3.40. The molecule has 0 radical (unpaired) electrons. The summed E-state index contributed by atoms with van der Waals surface area (Å²) in [6.45, 7) is 3.58. The monoisotopic (exact) mass is 315 g/mol. The molecule has 0 aliphatic heterocycles. The number of nitro benzene ring substituents is 1. The zero-order chi connectivity index (χ0) is 17.0. The Hall–Kier alpha value is -2.89. The van der Waals surface area contributed by atoms with Gasteiger partial charge in [0, 0.05) is 11.6 Å². The minimum absolute atomic E-state index is 0.125. The van der Waals surface area contributed by atoms with Gasteiger partial charge in [0.25, 0.3) is 5.69 Å². The number of carbonyl (C=O) groups is 1. The Morgan fingerprint density at radius 3 is 2.48 bits per heavy atom. The highest BCUT2D eigenvalue weighted by atomic mass is 16.6. The van der Waals surface area contributed by atoms with Gasteiger partial charge in [-0.15, -0.1) is 0 Å². The number of carbonyl (C=O) groups excluding carboxylic acids is 1. The Kier molecular flexibility index (Phi) is 4.95. The van der Waals surface area contributed by atoms with Crippen LogP contribution in [0, 0.1) is 24.0 Å². The number of nitro groups is 1. The second kappa shape index (κ2) is 6.91. The van der Waals surface area contributed by atoms with Gasteiger partial charge >= 0.3 is 0 Å². The standard InChI is InChI=1S/C17H17NO5/c1-11-4-6-14(12(2)8-11)15(19)10-23-17-9-13(18(20)21)5-7-16(17)22-3/h4-9H,10H2,1-3H3. The summed E-state index contributed by atoms with van der Waals surface area (Å²) in [6.07, 6.45) is 0. The molecular formula is C17H17NO5. The van der Waals surface area contributed by atoms with E-state index in [1.165, 1.54) is 25.3 Å². The molecular weight excluding hydrogens is 298 g/mol. The lowest BCUT2D eigenvalue weighted by molar-refractivity contribution is -0.385. The first-order valence-electron chi connectivity index (χ1n) is 6.98. The third kappa shape index (κ3) is 3.85. The van der Waals surface area contributed by atoms with Crippen LogP contribution in [0.15, 0.2) is 36.4 Å². The second-order valence-corrected chi connectivity index (χ2v) is 5.12. The van der Waals surface area contributed by atoms with Crippen LogP contribution in [0.25, 0.3) is 0 Å². The lowest BCUT2D eigenvalue weighted by atomic mass is 10.0. The van der Waals surface area contributed by atoms with Crippen LogP contribution in [0.4, 0.5) is 5.69 Å². The summed E-state index contributed by atoms with van der Waals surface area (Å²) >= 11 is 0. The van der Waals surface area contributed by atoms with E-state index in [-0.39, 0.29) is 23.8 Å². The zero-order valence-corrected chi connectivity index (χ0v) is 13.2. The number of ether oxygens (including phenoxy) is 2. The van der Waals surface area contributed by atoms with E-state index in [0.717, 1.165) is 11.1 Å². The number of aryl methyl sites for hydroxylation is 2. The molecule has 0 unspecified atom stereocenters. The molecule has 2 aromatic rings. The molecule has 0 spiro atoms. The van der Waals surface area contributed by atoms with Crippen LogP contribution in [0.2, 0.25) is 0 Å². The first-order chi connectivity index (χ1) is 10.9. The first kappa shape index (κ1) is 16.5. The smallest absolute Gasteiger partial charge is 0.273 e. The van der Waals surface area contributed by atoms with Crippen molar-refractivity contribution in [2.75, 3.05) is 13.7 Å². The number of hydrogen-bond donors (Lipinski definition) is 0. The number of ketones is 1. The van der Waals surface area contributed by atoms with Crippen LogP contribution in [-0.4, -0.2) is 24.4 Å². The van der Waals surface area contributed by atoms with E-state index < -0.39 is 4.92 Å². The number of benzene rings is 2. The Balaban J connectivity index is 2.18. The average Bonchev–Trinajstić information content (AvgIpc) is 2.52.